The van der Waals surface area contributed by atoms with E-state index in [1.807, 2.05) is 43.5 Å². The van der Waals surface area contributed by atoms with Gasteiger partial charge in [0.25, 0.3) is 0 Å². The minimum atomic E-state index is 0.174. The average Bonchev–Trinajstić information content (AvgIpc) is 2.52. The molecule has 0 aliphatic carbocycles. The number of phenolic OH excluding ortho intramolecular Hbond substituents is 1. The van der Waals surface area contributed by atoms with Crippen LogP contribution < -0.4 is 4.74 Å². The summed E-state index contributed by atoms with van der Waals surface area (Å²) in [4.78, 5) is 5.57. The molecule has 0 fully saturated rings. The lowest BCUT2D eigenvalue weighted by Gasteiger charge is -2.06. The summed E-state index contributed by atoms with van der Waals surface area (Å²) in [6, 6.07) is 13.2. The number of benzene rings is 2. The van der Waals surface area contributed by atoms with E-state index >= 15 is 0 Å². The van der Waals surface area contributed by atoms with E-state index in [2.05, 4.69) is 4.99 Å². The van der Waals surface area contributed by atoms with Crippen LogP contribution in [0.3, 0.4) is 0 Å². The van der Waals surface area contributed by atoms with Crippen molar-refractivity contribution in [2.24, 2.45) is 4.99 Å². The molecule has 0 amide bonds. The van der Waals surface area contributed by atoms with Crippen LogP contribution in [0.5, 0.6) is 11.5 Å². The van der Waals surface area contributed by atoms with Crippen LogP contribution in [-0.4, -0.2) is 24.2 Å². The Bertz CT molecular complexity index is 609. The molecular weight excluding hydrogens is 282 g/mol. The highest BCUT2D eigenvalue weighted by Gasteiger charge is 2.01. The fourth-order valence-electron chi connectivity index (χ4n) is 1.75. The Kier molecular flexibility index (Phi) is 5.69. The van der Waals surface area contributed by atoms with Crippen molar-refractivity contribution in [3.05, 3.63) is 48.0 Å². The number of hydrogen-bond acceptors (Lipinski definition) is 4. The molecule has 0 bridgehead atoms. The molecule has 0 atom stereocenters. The van der Waals surface area contributed by atoms with Crippen molar-refractivity contribution in [1.29, 1.82) is 0 Å². The SMILES string of the molecule is CCCOc1ccc(C=Nc2ccc(SC)cc2)c(O)c1. The zero-order chi connectivity index (χ0) is 15.1. The Morgan fingerprint density at radius 3 is 2.57 bits per heavy atom. The van der Waals surface area contributed by atoms with Crippen LogP contribution in [0, 0.1) is 0 Å². The molecular formula is C17H19NO2S. The molecule has 1 N–H and O–H groups in total. The lowest BCUT2D eigenvalue weighted by molar-refractivity contribution is 0.315. The van der Waals surface area contributed by atoms with Gasteiger partial charge in [-0.15, -0.1) is 11.8 Å². The molecule has 0 aromatic heterocycles. The maximum absolute atomic E-state index is 9.98. The summed E-state index contributed by atoms with van der Waals surface area (Å²) in [5.41, 5.74) is 1.53. The molecule has 0 heterocycles. The first kappa shape index (κ1) is 15.4. The molecule has 0 aliphatic heterocycles. The fourth-order valence-corrected chi connectivity index (χ4v) is 2.16. The van der Waals surface area contributed by atoms with Crippen LogP contribution in [0.1, 0.15) is 18.9 Å². The quantitative estimate of drug-likeness (QED) is 0.623. The van der Waals surface area contributed by atoms with Crippen molar-refractivity contribution in [1.82, 2.24) is 0 Å². The number of thioether (sulfide) groups is 1. The second kappa shape index (κ2) is 7.74. The van der Waals surface area contributed by atoms with E-state index in [1.165, 1.54) is 4.90 Å². The average molecular weight is 301 g/mol. The molecule has 3 nitrogen and oxygen atoms in total. The standard InChI is InChI=1S/C17H19NO2S/c1-3-10-20-15-7-4-13(17(19)11-15)12-18-14-5-8-16(21-2)9-6-14/h4-9,11-12,19H,3,10H2,1-2H3. The molecule has 0 aliphatic rings. The zero-order valence-electron chi connectivity index (χ0n) is 12.2. The summed E-state index contributed by atoms with van der Waals surface area (Å²) in [6.07, 6.45) is 4.64. The Labute approximate surface area is 129 Å². The first-order valence-electron chi connectivity index (χ1n) is 6.87. The molecule has 21 heavy (non-hydrogen) atoms. The zero-order valence-corrected chi connectivity index (χ0v) is 13.1. The Morgan fingerprint density at radius 1 is 1.19 bits per heavy atom. The Hall–Kier alpha value is -1.94. The second-order valence-corrected chi connectivity index (χ2v) is 5.40. The molecule has 110 valence electrons. The van der Waals surface area contributed by atoms with E-state index < -0.39 is 0 Å². The van der Waals surface area contributed by atoms with Gasteiger partial charge in [-0.25, -0.2) is 0 Å². The van der Waals surface area contributed by atoms with E-state index in [-0.39, 0.29) is 5.75 Å². The fraction of sp³-hybridized carbons (Fsp3) is 0.235. The molecule has 4 heteroatoms. The highest BCUT2D eigenvalue weighted by Crippen LogP contribution is 2.24. The summed E-state index contributed by atoms with van der Waals surface area (Å²) >= 11 is 1.70. The van der Waals surface area contributed by atoms with Crippen LogP contribution >= 0.6 is 11.8 Å². The predicted molar refractivity (Wildman–Crippen MR) is 89.4 cm³/mol. The van der Waals surface area contributed by atoms with E-state index in [4.69, 9.17) is 4.74 Å². The van der Waals surface area contributed by atoms with Gasteiger partial charge in [0.15, 0.2) is 0 Å². The van der Waals surface area contributed by atoms with Crippen LogP contribution in [0.15, 0.2) is 52.4 Å². The normalized spacial score (nSPS) is 11.0. The number of rotatable bonds is 6. The van der Waals surface area contributed by atoms with E-state index in [0.717, 1.165) is 12.1 Å². The molecule has 0 saturated carbocycles. The minimum Gasteiger partial charge on any atom is -0.507 e. The third kappa shape index (κ3) is 4.53. The maximum atomic E-state index is 9.98. The number of aliphatic imine (C=N–C) groups is 1. The van der Waals surface area contributed by atoms with Crippen molar-refractivity contribution in [2.75, 3.05) is 12.9 Å². The van der Waals surface area contributed by atoms with Gasteiger partial charge < -0.3 is 9.84 Å². The monoisotopic (exact) mass is 301 g/mol. The van der Waals surface area contributed by atoms with Crippen molar-refractivity contribution in [3.8, 4) is 11.5 Å². The second-order valence-electron chi connectivity index (χ2n) is 4.53. The van der Waals surface area contributed by atoms with Gasteiger partial charge in [-0.1, -0.05) is 6.92 Å². The predicted octanol–water partition coefficient (Wildman–Crippen LogP) is 4.65. The number of ether oxygens (including phenoxy) is 1. The van der Waals surface area contributed by atoms with Gasteiger partial charge in [-0.2, -0.15) is 0 Å². The van der Waals surface area contributed by atoms with Gasteiger partial charge in [0.05, 0.1) is 12.3 Å². The molecule has 0 unspecified atom stereocenters. The van der Waals surface area contributed by atoms with Crippen molar-refractivity contribution >= 4 is 23.7 Å². The van der Waals surface area contributed by atoms with Crippen LogP contribution in [0.25, 0.3) is 0 Å². The molecule has 0 spiro atoms. The van der Waals surface area contributed by atoms with Crippen molar-refractivity contribution < 1.29 is 9.84 Å². The first-order valence-corrected chi connectivity index (χ1v) is 8.09. The summed E-state index contributed by atoms with van der Waals surface area (Å²) in [5, 5.41) is 9.98. The number of aromatic hydroxyl groups is 1. The van der Waals surface area contributed by atoms with Gasteiger partial charge >= 0.3 is 0 Å². The first-order chi connectivity index (χ1) is 10.2. The topological polar surface area (TPSA) is 41.8 Å². The van der Waals surface area contributed by atoms with Crippen molar-refractivity contribution in [3.63, 3.8) is 0 Å². The smallest absolute Gasteiger partial charge is 0.128 e. The van der Waals surface area contributed by atoms with Crippen LogP contribution in [0.2, 0.25) is 0 Å². The highest BCUT2D eigenvalue weighted by molar-refractivity contribution is 7.98. The molecule has 0 saturated heterocycles. The maximum Gasteiger partial charge on any atom is 0.128 e. The third-order valence-electron chi connectivity index (χ3n) is 2.90. The van der Waals surface area contributed by atoms with Gasteiger partial charge in [-0.3, -0.25) is 4.99 Å². The highest BCUT2D eigenvalue weighted by atomic mass is 32.2. The van der Waals surface area contributed by atoms with Gasteiger partial charge in [-0.05, 0) is 49.1 Å². The summed E-state index contributed by atoms with van der Waals surface area (Å²) in [6.45, 7) is 2.69. The summed E-state index contributed by atoms with van der Waals surface area (Å²) in [5.74, 6) is 0.851. The number of hydrogen-bond donors (Lipinski definition) is 1. The van der Waals surface area contributed by atoms with Gasteiger partial charge in [0.2, 0.25) is 0 Å². The molecule has 2 aromatic carbocycles. The molecule has 2 aromatic rings. The Balaban J connectivity index is 2.09. The number of nitrogens with zero attached hydrogens (tertiary/aromatic N) is 1. The van der Waals surface area contributed by atoms with E-state index in [9.17, 15) is 5.11 Å². The van der Waals surface area contributed by atoms with Gasteiger partial charge in [0.1, 0.15) is 11.5 Å². The Morgan fingerprint density at radius 2 is 1.95 bits per heavy atom. The van der Waals surface area contributed by atoms with Crippen LogP contribution in [-0.2, 0) is 0 Å². The summed E-state index contributed by atoms with van der Waals surface area (Å²) < 4.78 is 5.47. The largest absolute Gasteiger partial charge is 0.507 e. The molecule has 2 rings (SSSR count). The van der Waals surface area contributed by atoms with E-state index in [1.54, 1.807) is 30.1 Å². The number of phenols is 1. The lowest BCUT2D eigenvalue weighted by atomic mass is 10.2. The van der Waals surface area contributed by atoms with Crippen molar-refractivity contribution in [2.45, 2.75) is 18.2 Å². The van der Waals surface area contributed by atoms with Crippen LogP contribution in [0.4, 0.5) is 5.69 Å². The molecule has 0 radical (unpaired) electrons. The van der Waals surface area contributed by atoms with Gasteiger partial charge in [0, 0.05) is 22.7 Å². The third-order valence-corrected chi connectivity index (χ3v) is 3.64. The summed E-state index contributed by atoms with van der Waals surface area (Å²) in [7, 11) is 0. The lowest BCUT2D eigenvalue weighted by Crippen LogP contribution is -1.95. The minimum absolute atomic E-state index is 0.174. The van der Waals surface area contributed by atoms with E-state index in [0.29, 0.717) is 17.9 Å².